The molecule has 32 heavy (non-hydrogen) atoms. The van der Waals surface area contributed by atoms with Crippen LogP contribution in [0.5, 0.6) is 0 Å². The zero-order chi connectivity index (χ0) is 23.6. The molecule has 0 fully saturated rings. The van der Waals surface area contributed by atoms with Gasteiger partial charge in [-0.1, -0.05) is 61.5 Å². The maximum absolute atomic E-state index is 10.3. The molecule has 0 saturated heterocycles. The van der Waals surface area contributed by atoms with E-state index in [0.29, 0.717) is 5.69 Å². The third-order valence-corrected chi connectivity index (χ3v) is 6.20. The molecule has 0 N–H and O–H groups in total. The Morgan fingerprint density at radius 3 is 2.19 bits per heavy atom. The minimum Gasteiger partial charge on any atom is -0.303 e. The van der Waals surface area contributed by atoms with E-state index in [4.69, 9.17) is 9.97 Å². The van der Waals surface area contributed by atoms with E-state index < -0.39 is 0 Å². The largest absolute Gasteiger partial charge is 0.303 e. The van der Waals surface area contributed by atoms with Gasteiger partial charge in [-0.2, -0.15) is 5.26 Å². The molecule has 0 aliphatic heterocycles. The molecule has 0 aliphatic carbocycles. The van der Waals surface area contributed by atoms with E-state index in [1.165, 1.54) is 5.56 Å². The summed E-state index contributed by atoms with van der Waals surface area (Å²) in [5.74, 6) is 0.246. The molecule has 4 heterocycles. The molecule has 5 heteroatoms. The zero-order valence-electron chi connectivity index (χ0n) is 20.7. The van der Waals surface area contributed by atoms with Crippen LogP contribution in [0.4, 0.5) is 0 Å². The highest BCUT2D eigenvalue weighted by atomic mass is 15.0. The van der Waals surface area contributed by atoms with Gasteiger partial charge in [-0.3, -0.25) is 4.40 Å². The van der Waals surface area contributed by atoms with Crippen molar-refractivity contribution in [2.45, 2.75) is 79.1 Å². The van der Waals surface area contributed by atoms with Crippen LogP contribution >= 0.6 is 0 Å². The summed E-state index contributed by atoms with van der Waals surface area (Å²) in [6.45, 7) is 19.5. The Balaban J connectivity index is 2.14. The fourth-order valence-corrected chi connectivity index (χ4v) is 4.37. The van der Waals surface area contributed by atoms with Crippen molar-refractivity contribution in [1.82, 2.24) is 18.8 Å². The van der Waals surface area contributed by atoms with Gasteiger partial charge in [0.25, 0.3) is 0 Å². The number of hydrogen-bond donors (Lipinski definition) is 0. The van der Waals surface area contributed by atoms with Gasteiger partial charge in [0, 0.05) is 40.5 Å². The monoisotopic (exact) mass is 427 g/mol. The normalized spacial score (nSPS) is 12.8. The Morgan fingerprint density at radius 1 is 0.969 bits per heavy atom. The number of aromatic nitrogens is 4. The third kappa shape index (κ3) is 3.39. The van der Waals surface area contributed by atoms with E-state index in [2.05, 4.69) is 97.2 Å². The summed E-state index contributed by atoms with van der Waals surface area (Å²) in [7, 11) is 0. The van der Waals surface area contributed by atoms with Gasteiger partial charge in [-0.25, -0.2) is 9.97 Å². The average molecular weight is 428 g/mol. The molecule has 4 aromatic heterocycles. The van der Waals surface area contributed by atoms with Gasteiger partial charge in [-0.15, -0.1) is 0 Å². The minimum absolute atomic E-state index is 0.0364. The molecule has 0 aliphatic rings. The van der Waals surface area contributed by atoms with Crippen LogP contribution in [0, 0.1) is 18.3 Å². The molecule has 0 aromatic carbocycles. The Kier molecular flexibility index (Phi) is 4.97. The molecule has 0 unspecified atom stereocenters. The van der Waals surface area contributed by atoms with Gasteiger partial charge < -0.3 is 4.40 Å². The molecule has 4 aromatic rings. The first kappa shape index (κ1) is 22.1. The molecule has 0 amide bonds. The van der Waals surface area contributed by atoms with E-state index >= 15 is 0 Å². The van der Waals surface area contributed by atoms with Crippen LogP contribution in [0.3, 0.4) is 0 Å². The van der Waals surface area contributed by atoms with Crippen molar-refractivity contribution in [3.05, 3.63) is 58.8 Å². The van der Waals surface area contributed by atoms with Crippen molar-refractivity contribution in [1.29, 1.82) is 5.26 Å². The van der Waals surface area contributed by atoms with Crippen LogP contribution in [-0.2, 0) is 10.8 Å². The van der Waals surface area contributed by atoms with Crippen molar-refractivity contribution in [2.24, 2.45) is 0 Å². The van der Waals surface area contributed by atoms with Crippen LogP contribution < -0.4 is 0 Å². The molecule has 0 bridgehead atoms. The Hall–Kier alpha value is -3.13. The SMILES string of the molecule is Cc1ccc(C(C)(C)C)c2nc(-c3cc(C(C)(C)C)c4ncc(C(C)C)n4c3C#N)cn12. The lowest BCUT2D eigenvalue weighted by atomic mass is 9.86. The quantitative estimate of drug-likeness (QED) is 0.364. The highest BCUT2D eigenvalue weighted by molar-refractivity contribution is 5.74. The lowest BCUT2D eigenvalue weighted by Crippen LogP contribution is -2.15. The Morgan fingerprint density at radius 2 is 1.62 bits per heavy atom. The van der Waals surface area contributed by atoms with Gasteiger partial charge >= 0.3 is 0 Å². The molecule has 4 rings (SSSR count). The predicted molar refractivity (Wildman–Crippen MR) is 130 cm³/mol. The summed E-state index contributed by atoms with van der Waals surface area (Å²) in [5.41, 5.74) is 8.37. The van der Waals surface area contributed by atoms with Gasteiger partial charge in [0.15, 0.2) is 0 Å². The number of aryl methyl sites for hydroxylation is 1. The van der Waals surface area contributed by atoms with Crippen molar-refractivity contribution < 1.29 is 0 Å². The van der Waals surface area contributed by atoms with Crippen molar-refractivity contribution in [3.8, 4) is 17.3 Å². The predicted octanol–water partition coefficient (Wildman–Crippen LogP) is 6.55. The van der Waals surface area contributed by atoms with Crippen LogP contribution in [0.25, 0.3) is 22.6 Å². The fraction of sp³-hybridized carbons (Fsp3) is 0.444. The number of imidazole rings is 2. The topological polar surface area (TPSA) is 58.4 Å². The highest BCUT2D eigenvalue weighted by Crippen LogP contribution is 2.36. The molecular weight excluding hydrogens is 394 g/mol. The molecule has 0 saturated carbocycles. The highest BCUT2D eigenvalue weighted by Gasteiger charge is 2.27. The van der Waals surface area contributed by atoms with Gasteiger partial charge in [-0.05, 0) is 35.8 Å². The van der Waals surface area contributed by atoms with E-state index in [-0.39, 0.29) is 16.7 Å². The zero-order valence-corrected chi connectivity index (χ0v) is 20.7. The number of rotatable bonds is 2. The lowest BCUT2D eigenvalue weighted by Gasteiger charge is -2.22. The summed E-state index contributed by atoms with van der Waals surface area (Å²) >= 11 is 0. The van der Waals surface area contributed by atoms with Crippen LogP contribution in [-0.4, -0.2) is 18.8 Å². The third-order valence-electron chi connectivity index (χ3n) is 6.20. The Bertz CT molecular complexity index is 1380. The van der Waals surface area contributed by atoms with Gasteiger partial charge in [0.1, 0.15) is 23.1 Å². The first-order valence-corrected chi connectivity index (χ1v) is 11.3. The summed E-state index contributed by atoms with van der Waals surface area (Å²) in [6, 6.07) is 8.91. The summed E-state index contributed by atoms with van der Waals surface area (Å²) < 4.78 is 4.19. The van der Waals surface area contributed by atoms with Crippen LogP contribution in [0.1, 0.15) is 89.5 Å². The first-order chi connectivity index (χ1) is 14.8. The minimum atomic E-state index is -0.130. The molecule has 166 valence electrons. The first-order valence-electron chi connectivity index (χ1n) is 11.3. The fourth-order valence-electron chi connectivity index (χ4n) is 4.37. The molecule has 0 spiro atoms. The van der Waals surface area contributed by atoms with Crippen molar-refractivity contribution in [3.63, 3.8) is 0 Å². The molecule has 5 nitrogen and oxygen atoms in total. The van der Waals surface area contributed by atoms with Crippen LogP contribution in [0.15, 0.2) is 30.6 Å². The maximum Gasteiger partial charge on any atom is 0.141 e. The Labute approximate surface area is 190 Å². The second-order valence-electron chi connectivity index (χ2n) is 11.1. The van der Waals surface area contributed by atoms with Crippen molar-refractivity contribution >= 4 is 11.3 Å². The number of fused-ring (bicyclic) bond motifs is 2. The van der Waals surface area contributed by atoms with Crippen molar-refractivity contribution in [2.75, 3.05) is 0 Å². The number of nitriles is 1. The number of hydrogen-bond acceptors (Lipinski definition) is 3. The van der Waals surface area contributed by atoms with E-state index in [1.54, 1.807) is 0 Å². The number of nitrogens with zero attached hydrogens (tertiary/aromatic N) is 5. The van der Waals surface area contributed by atoms with E-state index in [1.807, 2.05) is 10.6 Å². The van der Waals surface area contributed by atoms with E-state index in [0.717, 1.165) is 39.5 Å². The summed E-state index contributed by atoms with van der Waals surface area (Å²) in [6.07, 6.45) is 3.98. The average Bonchev–Trinajstić information content (AvgIpc) is 3.30. The second-order valence-corrected chi connectivity index (χ2v) is 11.1. The summed E-state index contributed by atoms with van der Waals surface area (Å²) in [4.78, 5) is 9.83. The summed E-state index contributed by atoms with van der Waals surface area (Å²) in [5, 5.41) is 10.3. The molecular formula is C27H33N5. The molecule has 0 atom stereocenters. The van der Waals surface area contributed by atoms with Gasteiger partial charge in [0.2, 0.25) is 0 Å². The second kappa shape index (κ2) is 7.20. The van der Waals surface area contributed by atoms with Crippen LogP contribution in [0.2, 0.25) is 0 Å². The van der Waals surface area contributed by atoms with Gasteiger partial charge in [0.05, 0.1) is 5.69 Å². The number of pyridine rings is 2. The van der Waals surface area contributed by atoms with E-state index in [9.17, 15) is 5.26 Å². The smallest absolute Gasteiger partial charge is 0.141 e. The maximum atomic E-state index is 10.3. The lowest BCUT2D eigenvalue weighted by molar-refractivity contribution is 0.591. The molecule has 0 radical (unpaired) electrons. The standard InChI is InChI=1S/C27H33N5/c1-16(2)23-14-29-24-20(27(7,8)9)12-18(22(13-28)32(23)24)21-15-31-17(3)10-11-19(25(31)30-21)26(4,5)6/h10-12,14-16H,1-9H3.